The molecule has 0 spiro atoms. The summed E-state index contributed by atoms with van der Waals surface area (Å²) in [5, 5.41) is 14.6. The number of hydrogen-bond acceptors (Lipinski definition) is 4. The monoisotopic (exact) mass is 370 g/mol. The van der Waals surface area contributed by atoms with Crippen molar-refractivity contribution < 1.29 is 0 Å². The highest BCUT2D eigenvalue weighted by Crippen LogP contribution is 2.20. The fraction of sp³-hybridized carbons (Fsp3) is 0.0455. The third kappa shape index (κ3) is 3.93. The summed E-state index contributed by atoms with van der Waals surface area (Å²) in [6.45, 7) is 1.96. The molecular weight excluding hydrogens is 352 g/mol. The van der Waals surface area contributed by atoms with Crippen molar-refractivity contribution in [3.8, 4) is 16.3 Å². The molecule has 0 amide bonds. The van der Waals surface area contributed by atoms with Gasteiger partial charge in [-0.15, -0.1) is 5.10 Å². The van der Waals surface area contributed by atoms with Crippen molar-refractivity contribution in [3.05, 3.63) is 101 Å². The quantitative estimate of drug-likeness (QED) is 0.371. The Kier molecular flexibility index (Phi) is 5.03. The van der Waals surface area contributed by atoms with Gasteiger partial charge in [0, 0.05) is 5.56 Å². The minimum absolute atomic E-state index is 0.732. The van der Waals surface area contributed by atoms with E-state index in [1.54, 1.807) is 0 Å². The smallest absolute Gasteiger partial charge is 0.203 e. The van der Waals surface area contributed by atoms with E-state index >= 15 is 0 Å². The molecule has 0 N–H and O–H groups in total. The molecule has 0 saturated carbocycles. The lowest BCUT2D eigenvalue weighted by Crippen LogP contribution is -2.14. The van der Waals surface area contributed by atoms with Crippen LogP contribution in [0.1, 0.15) is 12.5 Å². The lowest BCUT2D eigenvalue weighted by atomic mass is 10.1. The van der Waals surface area contributed by atoms with E-state index < -0.39 is 0 Å². The molecule has 0 aliphatic carbocycles. The first-order valence-electron chi connectivity index (χ1n) is 8.66. The summed E-state index contributed by atoms with van der Waals surface area (Å²) in [7, 11) is 0. The molecule has 1 heterocycles. The summed E-state index contributed by atoms with van der Waals surface area (Å²) < 4.78 is 1.84. The fourth-order valence-corrected chi connectivity index (χ4v) is 3.50. The summed E-state index contributed by atoms with van der Waals surface area (Å²) in [4.78, 5) is 0.732. The third-order valence-corrected chi connectivity index (χ3v) is 5.01. The summed E-state index contributed by atoms with van der Waals surface area (Å²) in [5.74, 6) is 0. The standard InChI is InChI=1S/C22H18N4S/c1-17(18-11-5-2-6-12-18)23-24-22-26(20-15-9-4-10-16-20)25-21(27-22)19-13-7-3-8-14-19/h2-16H,1H3/b23-17+,24-22+. The molecule has 0 aliphatic heterocycles. The zero-order valence-corrected chi connectivity index (χ0v) is 15.7. The second-order valence-corrected chi connectivity index (χ2v) is 6.91. The Morgan fingerprint density at radius 2 is 1.41 bits per heavy atom. The van der Waals surface area contributed by atoms with Crippen molar-refractivity contribution in [1.82, 2.24) is 9.78 Å². The van der Waals surface area contributed by atoms with Gasteiger partial charge in [0.05, 0.1) is 11.4 Å². The van der Waals surface area contributed by atoms with E-state index in [1.165, 1.54) is 11.3 Å². The van der Waals surface area contributed by atoms with E-state index in [-0.39, 0.29) is 0 Å². The number of hydrogen-bond donors (Lipinski definition) is 0. The molecule has 0 aliphatic rings. The van der Waals surface area contributed by atoms with Crippen molar-refractivity contribution in [3.63, 3.8) is 0 Å². The van der Waals surface area contributed by atoms with Crippen LogP contribution < -0.4 is 4.80 Å². The highest BCUT2D eigenvalue weighted by atomic mass is 32.1. The van der Waals surface area contributed by atoms with Gasteiger partial charge in [0.15, 0.2) is 0 Å². The molecule has 1 aromatic heterocycles. The Labute approximate surface area is 161 Å². The number of rotatable bonds is 4. The molecule has 27 heavy (non-hydrogen) atoms. The van der Waals surface area contributed by atoms with Crippen molar-refractivity contribution in [2.75, 3.05) is 0 Å². The van der Waals surface area contributed by atoms with Crippen LogP contribution in [0.2, 0.25) is 0 Å². The van der Waals surface area contributed by atoms with Gasteiger partial charge in [0.1, 0.15) is 5.01 Å². The highest BCUT2D eigenvalue weighted by molar-refractivity contribution is 7.12. The van der Waals surface area contributed by atoms with Gasteiger partial charge in [-0.3, -0.25) is 0 Å². The number of nitrogens with zero attached hydrogens (tertiary/aromatic N) is 4. The van der Waals surface area contributed by atoms with Crippen LogP contribution in [-0.4, -0.2) is 15.5 Å². The molecule has 4 rings (SSSR count). The minimum atomic E-state index is 0.732. The largest absolute Gasteiger partial charge is 0.233 e. The highest BCUT2D eigenvalue weighted by Gasteiger charge is 2.08. The van der Waals surface area contributed by atoms with Crippen LogP contribution in [0.15, 0.2) is 101 Å². The van der Waals surface area contributed by atoms with Gasteiger partial charge < -0.3 is 0 Å². The fourth-order valence-electron chi connectivity index (χ4n) is 2.64. The van der Waals surface area contributed by atoms with Crippen LogP contribution >= 0.6 is 11.3 Å². The SMILES string of the molecule is C/C(=N\N=c1\sc(-c2ccccc2)nn1-c1ccccc1)c1ccccc1. The van der Waals surface area contributed by atoms with E-state index in [1.807, 2.05) is 90.5 Å². The van der Waals surface area contributed by atoms with Crippen LogP contribution in [0.5, 0.6) is 0 Å². The number of aromatic nitrogens is 2. The van der Waals surface area contributed by atoms with Crippen molar-refractivity contribution >= 4 is 17.0 Å². The van der Waals surface area contributed by atoms with E-state index in [0.717, 1.165) is 32.3 Å². The van der Waals surface area contributed by atoms with Crippen molar-refractivity contribution in [2.45, 2.75) is 6.92 Å². The Morgan fingerprint density at radius 3 is 2.07 bits per heavy atom. The number of para-hydroxylation sites is 1. The topological polar surface area (TPSA) is 42.5 Å². The molecule has 0 radical (unpaired) electrons. The first-order valence-corrected chi connectivity index (χ1v) is 9.47. The zero-order chi connectivity index (χ0) is 18.5. The predicted molar refractivity (Wildman–Crippen MR) is 111 cm³/mol. The summed E-state index contributed by atoms with van der Waals surface area (Å²) in [6, 6.07) is 30.2. The molecule has 3 aromatic carbocycles. The molecule has 0 atom stereocenters. The Hall–Kier alpha value is -3.31. The zero-order valence-electron chi connectivity index (χ0n) is 14.9. The van der Waals surface area contributed by atoms with Gasteiger partial charge in [-0.25, -0.2) is 4.68 Å². The summed E-state index contributed by atoms with van der Waals surface area (Å²) in [6.07, 6.45) is 0. The summed E-state index contributed by atoms with van der Waals surface area (Å²) >= 11 is 1.52. The van der Waals surface area contributed by atoms with Crippen LogP contribution in [0.3, 0.4) is 0 Å². The predicted octanol–water partition coefficient (Wildman–Crippen LogP) is 4.93. The minimum Gasteiger partial charge on any atom is -0.203 e. The van der Waals surface area contributed by atoms with E-state index in [9.17, 15) is 0 Å². The van der Waals surface area contributed by atoms with E-state index in [0.29, 0.717) is 0 Å². The lowest BCUT2D eigenvalue weighted by molar-refractivity contribution is 0.824. The normalized spacial score (nSPS) is 12.3. The second-order valence-electron chi connectivity index (χ2n) is 5.95. The van der Waals surface area contributed by atoms with Gasteiger partial charge in [0.2, 0.25) is 4.80 Å². The van der Waals surface area contributed by atoms with Crippen molar-refractivity contribution in [1.29, 1.82) is 0 Å². The molecule has 0 unspecified atom stereocenters. The summed E-state index contributed by atoms with van der Waals surface area (Å²) in [5.41, 5.74) is 3.95. The van der Waals surface area contributed by atoms with Gasteiger partial charge >= 0.3 is 0 Å². The molecule has 4 nitrogen and oxygen atoms in total. The van der Waals surface area contributed by atoms with Crippen molar-refractivity contribution in [2.24, 2.45) is 10.2 Å². The average Bonchev–Trinajstić information content (AvgIpc) is 3.18. The first kappa shape index (κ1) is 17.1. The van der Waals surface area contributed by atoms with Gasteiger partial charge in [-0.05, 0) is 24.6 Å². The molecule has 5 heteroatoms. The molecule has 0 bridgehead atoms. The van der Waals surface area contributed by atoms with Crippen LogP contribution in [0, 0.1) is 0 Å². The van der Waals surface area contributed by atoms with Crippen LogP contribution in [0.25, 0.3) is 16.3 Å². The lowest BCUT2D eigenvalue weighted by Gasteiger charge is -2.00. The molecular formula is C22H18N4S. The van der Waals surface area contributed by atoms with Crippen LogP contribution in [0.4, 0.5) is 0 Å². The van der Waals surface area contributed by atoms with Gasteiger partial charge in [-0.2, -0.15) is 10.2 Å². The molecule has 4 aromatic rings. The molecule has 132 valence electrons. The van der Waals surface area contributed by atoms with Crippen LogP contribution in [-0.2, 0) is 0 Å². The van der Waals surface area contributed by atoms with Gasteiger partial charge in [0.25, 0.3) is 0 Å². The maximum absolute atomic E-state index is 4.77. The maximum atomic E-state index is 4.77. The van der Waals surface area contributed by atoms with E-state index in [4.69, 9.17) is 5.10 Å². The molecule has 0 fully saturated rings. The Morgan fingerprint density at radius 1 is 0.815 bits per heavy atom. The Bertz CT molecular complexity index is 1110. The first-order chi connectivity index (χ1) is 13.3. The number of benzene rings is 3. The van der Waals surface area contributed by atoms with E-state index in [2.05, 4.69) is 22.3 Å². The molecule has 0 saturated heterocycles. The Balaban J connectivity index is 1.82. The average molecular weight is 370 g/mol. The van der Waals surface area contributed by atoms with Gasteiger partial charge in [-0.1, -0.05) is 90.2 Å². The second kappa shape index (κ2) is 7.93. The maximum Gasteiger partial charge on any atom is 0.233 e. The third-order valence-electron chi connectivity index (χ3n) is 4.06.